The number of amides is 1. The lowest BCUT2D eigenvalue weighted by Crippen LogP contribution is -2.34. The van der Waals surface area contributed by atoms with Gasteiger partial charge in [0.05, 0.1) is 11.5 Å². The summed E-state index contributed by atoms with van der Waals surface area (Å²) in [5.74, 6) is -1.29. The van der Waals surface area contributed by atoms with Crippen LogP contribution in [0.1, 0.15) is 35.2 Å². The van der Waals surface area contributed by atoms with Crippen LogP contribution in [0.3, 0.4) is 0 Å². The summed E-state index contributed by atoms with van der Waals surface area (Å²) in [6.07, 6.45) is 2.63. The number of aryl methyl sites for hydroxylation is 1. The van der Waals surface area contributed by atoms with Crippen LogP contribution in [-0.4, -0.2) is 23.0 Å². The second-order valence-corrected chi connectivity index (χ2v) is 5.03. The Bertz CT molecular complexity index is 513. The van der Waals surface area contributed by atoms with E-state index < -0.39 is 5.97 Å². The molecule has 0 aromatic heterocycles. The number of carboxylic acid groups (broad SMARTS) is 1. The fraction of sp³-hybridized carbons (Fsp3) is 0.429. The van der Waals surface area contributed by atoms with Crippen molar-refractivity contribution >= 4 is 17.6 Å². The van der Waals surface area contributed by atoms with Crippen molar-refractivity contribution in [2.75, 3.05) is 5.32 Å². The molecule has 5 nitrogen and oxygen atoms in total. The van der Waals surface area contributed by atoms with Gasteiger partial charge in [-0.2, -0.15) is 0 Å². The molecule has 1 aromatic carbocycles. The lowest BCUT2D eigenvalue weighted by molar-refractivity contribution is -0.120. The number of anilines is 1. The first kappa shape index (κ1) is 13.5. The van der Waals surface area contributed by atoms with E-state index in [0.29, 0.717) is 11.3 Å². The van der Waals surface area contributed by atoms with Crippen molar-refractivity contribution in [3.05, 3.63) is 29.3 Å². The molecule has 2 atom stereocenters. The van der Waals surface area contributed by atoms with Crippen LogP contribution in [0.25, 0.3) is 0 Å². The maximum absolute atomic E-state index is 12.1. The molecule has 0 heterocycles. The lowest BCUT2D eigenvalue weighted by atomic mass is 10.0. The zero-order valence-electron chi connectivity index (χ0n) is 10.8. The third kappa shape index (κ3) is 2.93. The predicted molar refractivity (Wildman–Crippen MR) is 72.1 cm³/mol. The van der Waals surface area contributed by atoms with Gasteiger partial charge in [-0.05, 0) is 37.5 Å². The second-order valence-electron chi connectivity index (χ2n) is 5.03. The minimum absolute atomic E-state index is 0.0932. The Morgan fingerprint density at radius 2 is 2.11 bits per heavy atom. The second kappa shape index (κ2) is 5.40. The van der Waals surface area contributed by atoms with Crippen molar-refractivity contribution in [1.29, 1.82) is 0 Å². The molecule has 0 radical (unpaired) electrons. The Morgan fingerprint density at radius 1 is 1.37 bits per heavy atom. The minimum atomic E-state index is -0.994. The zero-order valence-corrected chi connectivity index (χ0v) is 10.8. The summed E-state index contributed by atoms with van der Waals surface area (Å²) in [5, 5.41) is 11.8. The van der Waals surface area contributed by atoms with Gasteiger partial charge in [0.1, 0.15) is 0 Å². The first-order chi connectivity index (χ1) is 8.99. The van der Waals surface area contributed by atoms with E-state index in [9.17, 15) is 9.59 Å². The molecule has 2 unspecified atom stereocenters. The SMILES string of the molecule is Cc1ccc(NC(=O)C2CCCC2N)cc1C(=O)O. The highest BCUT2D eigenvalue weighted by atomic mass is 16.4. The van der Waals surface area contributed by atoms with Gasteiger partial charge in [0, 0.05) is 11.7 Å². The third-order valence-corrected chi connectivity index (χ3v) is 3.64. The summed E-state index contributed by atoms with van der Waals surface area (Å²) < 4.78 is 0. The van der Waals surface area contributed by atoms with Crippen molar-refractivity contribution in [3.8, 4) is 0 Å². The van der Waals surface area contributed by atoms with Gasteiger partial charge in [0.15, 0.2) is 0 Å². The first-order valence-electron chi connectivity index (χ1n) is 6.39. The Hall–Kier alpha value is -1.88. The van der Waals surface area contributed by atoms with E-state index in [0.717, 1.165) is 19.3 Å². The standard InChI is InChI=1S/C14H18N2O3/c1-8-5-6-9(7-11(8)14(18)19)16-13(17)10-3-2-4-12(10)15/h5-7,10,12H,2-4,15H2,1H3,(H,16,17)(H,18,19). The highest BCUT2D eigenvalue weighted by Gasteiger charge is 2.30. The van der Waals surface area contributed by atoms with Crippen LogP contribution < -0.4 is 11.1 Å². The van der Waals surface area contributed by atoms with E-state index in [1.165, 1.54) is 6.07 Å². The van der Waals surface area contributed by atoms with Crippen LogP contribution in [0.4, 0.5) is 5.69 Å². The molecule has 1 fully saturated rings. The van der Waals surface area contributed by atoms with Gasteiger partial charge in [0.25, 0.3) is 0 Å². The number of nitrogens with two attached hydrogens (primary N) is 1. The molecule has 19 heavy (non-hydrogen) atoms. The molecule has 1 saturated carbocycles. The van der Waals surface area contributed by atoms with Crippen molar-refractivity contribution in [2.45, 2.75) is 32.2 Å². The molecule has 0 spiro atoms. The molecule has 2 rings (SSSR count). The van der Waals surface area contributed by atoms with E-state index in [-0.39, 0.29) is 23.4 Å². The summed E-state index contributed by atoms with van der Waals surface area (Å²) >= 11 is 0. The van der Waals surface area contributed by atoms with Crippen molar-refractivity contribution < 1.29 is 14.7 Å². The van der Waals surface area contributed by atoms with Gasteiger partial charge in [-0.3, -0.25) is 4.79 Å². The maximum atomic E-state index is 12.1. The number of benzene rings is 1. The van der Waals surface area contributed by atoms with Gasteiger partial charge in [-0.25, -0.2) is 4.79 Å². The number of hydrogen-bond donors (Lipinski definition) is 3. The molecule has 0 bridgehead atoms. The van der Waals surface area contributed by atoms with Crippen molar-refractivity contribution in [2.24, 2.45) is 11.7 Å². The van der Waals surface area contributed by atoms with Gasteiger partial charge < -0.3 is 16.2 Å². The average molecular weight is 262 g/mol. The summed E-state index contributed by atoms with van der Waals surface area (Å²) in [6, 6.07) is 4.79. The molecule has 1 aromatic rings. The highest BCUT2D eigenvalue weighted by Crippen LogP contribution is 2.25. The van der Waals surface area contributed by atoms with Gasteiger partial charge in [0.2, 0.25) is 5.91 Å². The number of nitrogens with one attached hydrogen (secondary N) is 1. The van der Waals surface area contributed by atoms with Crippen LogP contribution >= 0.6 is 0 Å². The number of carbonyl (C=O) groups is 2. The Labute approximate surface area is 111 Å². The summed E-state index contributed by atoms with van der Waals surface area (Å²) in [4.78, 5) is 23.1. The quantitative estimate of drug-likeness (QED) is 0.773. The van der Waals surface area contributed by atoms with Crippen LogP contribution in [0, 0.1) is 12.8 Å². The molecule has 1 amide bonds. The summed E-state index contributed by atoms with van der Waals surface area (Å²) in [7, 11) is 0. The zero-order chi connectivity index (χ0) is 14.0. The van der Waals surface area contributed by atoms with Crippen molar-refractivity contribution in [3.63, 3.8) is 0 Å². The lowest BCUT2D eigenvalue weighted by Gasteiger charge is -2.15. The molecule has 1 aliphatic rings. The minimum Gasteiger partial charge on any atom is -0.478 e. The van der Waals surface area contributed by atoms with Crippen LogP contribution in [0.5, 0.6) is 0 Å². The highest BCUT2D eigenvalue weighted by molar-refractivity contribution is 5.96. The van der Waals surface area contributed by atoms with Crippen LogP contribution in [0.2, 0.25) is 0 Å². The number of hydrogen-bond acceptors (Lipinski definition) is 3. The summed E-state index contributed by atoms with van der Waals surface area (Å²) in [5.41, 5.74) is 7.26. The average Bonchev–Trinajstić information content (AvgIpc) is 2.77. The number of aromatic carboxylic acids is 1. The largest absolute Gasteiger partial charge is 0.478 e. The molecule has 0 aliphatic heterocycles. The van der Waals surface area contributed by atoms with E-state index in [1.54, 1.807) is 19.1 Å². The smallest absolute Gasteiger partial charge is 0.336 e. The fourth-order valence-electron chi connectivity index (χ4n) is 2.48. The predicted octanol–water partition coefficient (Wildman–Crippen LogP) is 1.76. The number of carbonyl (C=O) groups excluding carboxylic acids is 1. The van der Waals surface area contributed by atoms with Crippen molar-refractivity contribution in [1.82, 2.24) is 0 Å². The van der Waals surface area contributed by atoms with E-state index in [2.05, 4.69) is 5.32 Å². The fourth-order valence-corrected chi connectivity index (χ4v) is 2.48. The van der Waals surface area contributed by atoms with Crippen LogP contribution in [-0.2, 0) is 4.79 Å². The molecular weight excluding hydrogens is 244 g/mol. The summed E-state index contributed by atoms with van der Waals surface area (Å²) in [6.45, 7) is 1.72. The Balaban J connectivity index is 2.13. The molecule has 0 saturated heterocycles. The van der Waals surface area contributed by atoms with E-state index in [1.807, 2.05) is 0 Å². The molecule has 1 aliphatic carbocycles. The maximum Gasteiger partial charge on any atom is 0.336 e. The first-order valence-corrected chi connectivity index (χ1v) is 6.39. The van der Waals surface area contributed by atoms with Gasteiger partial charge >= 0.3 is 5.97 Å². The molecule has 4 N–H and O–H groups in total. The van der Waals surface area contributed by atoms with E-state index >= 15 is 0 Å². The Kier molecular flexibility index (Phi) is 3.85. The molecular formula is C14H18N2O3. The van der Waals surface area contributed by atoms with E-state index in [4.69, 9.17) is 10.8 Å². The molecule has 102 valence electrons. The normalized spacial score (nSPS) is 22.2. The number of rotatable bonds is 3. The van der Waals surface area contributed by atoms with Gasteiger partial charge in [-0.1, -0.05) is 12.5 Å². The number of carboxylic acids is 1. The molecule has 5 heteroatoms. The van der Waals surface area contributed by atoms with Crippen LogP contribution in [0.15, 0.2) is 18.2 Å². The van der Waals surface area contributed by atoms with Gasteiger partial charge in [-0.15, -0.1) is 0 Å². The third-order valence-electron chi connectivity index (χ3n) is 3.64. The monoisotopic (exact) mass is 262 g/mol. The topological polar surface area (TPSA) is 92.4 Å². The Morgan fingerprint density at radius 3 is 2.68 bits per heavy atom.